The van der Waals surface area contributed by atoms with E-state index in [4.69, 9.17) is 16.3 Å². The van der Waals surface area contributed by atoms with E-state index in [9.17, 15) is 9.59 Å². The quantitative estimate of drug-likeness (QED) is 0.351. The van der Waals surface area contributed by atoms with Gasteiger partial charge in [0.25, 0.3) is 5.91 Å². The highest BCUT2D eigenvalue weighted by Crippen LogP contribution is 2.32. The molecule has 1 fully saturated rings. The Balaban J connectivity index is 1.29. The zero-order chi connectivity index (χ0) is 26.9. The van der Waals surface area contributed by atoms with Crippen molar-refractivity contribution in [2.75, 3.05) is 32.1 Å². The van der Waals surface area contributed by atoms with Gasteiger partial charge in [0.1, 0.15) is 11.5 Å². The molecule has 3 aromatic rings. The van der Waals surface area contributed by atoms with Gasteiger partial charge in [0.15, 0.2) is 0 Å². The number of nitrogens with one attached hydrogen (secondary N) is 1. The van der Waals surface area contributed by atoms with Gasteiger partial charge in [-0.25, -0.2) is 9.97 Å². The predicted molar refractivity (Wildman–Crippen MR) is 147 cm³/mol. The van der Waals surface area contributed by atoms with Crippen LogP contribution in [0.1, 0.15) is 48.2 Å². The monoisotopic (exact) mass is 533 g/mol. The number of anilines is 1. The number of nitrogens with zero attached hydrogens (tertiary/aromatic N) is 4. The average Bonchev–Trinajstić information content (AvgIpc) is 3.23. The number of carbonyl (C=O) groups excluding carboxylic acids is 2. The lowest BCUT2D eigenvalue weighted by Crippen LogP contribution is -2.47. The summed E-state index contributed by atoms with van der Waals surface area (Å²) in [7, 11) is 1.78. The second-order valence-corrected chi connectivity index (χ2v) is 11.1. The number of alkyl halides is 1. The number of likely N-dealkylation sites (N-methyl/N-ethyl adjacent to an activating group) is 1. The first-order valence-electron chi connectivity index (χ1n) is 12.8. The van der Waals surface area contributed by atoms with Gasteiger partial charge in [0, 0.05) is 43.8 Å². The first-order valence-corrected chi connectivity index (χ1v) is 13.2. The van der Waals surface area contributed by atoms with Crippen molar-refractivity contribution in [3.8, 4) is 11.3 Å². The lowest BCUT2D eigenvalue weighted by Gasteiger charge is -2.37. The molecule has 1 aromatic heterocycles. The van der Waals surface area contributed by atoms with E-state index in [0.717, 1.165) is 16.7 Å². The molecular formula is C29H32ClN5O3. The molecule has 2 aliphatic heterocycles. The molecule has 0 aliphatic carbocycles. The number of carbonyl (C=O) groups is 2. The maximum Gasteiger partial charge on any atom is 0.254 e. The highest BCUT2D eigenvalue weighted by Gasteiger charge is 2.34. The Labute approximate surface area is 228 Å². The number of fused-ring (bicyclic) bond motifs is 1. The van der Waals surface area contributed by atoms with Gasteiger partial charge in [-0.2, -0.15) is 0 Å². The Morgan fingerprint density at radius 2 is 1.89 bits per heavy atom. The molecule has 0 bridgehead atoms. The van der Waals surface area contributed by atoms with E-state index in [1.165, 1.54) is 0 Å². The number of aromatic nitrogens is 2. The van der Waals surface area contributed by atoms with Gasteiger partial charge in [-0.3, -0.25) is 9.59 Å². The number of hydrogen-bond acceptors (Lipinski definition) is 6. The van der Waals surface area contributed by atoms with Crippen molar-refractivity contribution in [2.24, 2.45) is 0 Å². The van der Waals surface area contributed by atoms with E-state index in [2.05, 4.69) is 15.3 Å². The summed E-state index contributed by atoms with van der Waals surface area (Å²) in [6.45, 7) is 5.59. The van der Waals surface area contributed by atoms with Gasteiger partial charge in [-0.05, 0) is 37.1 Å². The van der Waals surface area contributed by atoms with Crippen LogP contribution in [0.5, 0.6) is 0 Å². The fourth-order valence-electron chi connectivity index (χ4n) is 4.87. The Morgan fingerprint density at radius 1 is 1.16 bits per heavy atom. The van der Waals surface area contributed by atoms with Crippen molar-refractivity contribution in [1.29, 1.82) is 0 Å². The number of rotatable bonds is 7. The summed E-state index contributed by atoms with van der Waals surface area (Å²) in [5, 5.41) is 3.24. The highest BCUT2D eigenvalue weighted by molar-refractivity contribution is 6.25. The van der Waals surface area contributed by atoms with Crippen LogP contribution in [0, 0.1) is 0 Å². The lowest BCUT2D eigenvalue weighted by atomic mass is 9.92. The molecule has 0 unspecified atom stereocenters. The largest absolute Gasteiger partial charge is 0.381 e. The van der Waals surface area contributed by atoms with Gasteiger partial charge in [0.05, 0.1) is 24.4 Å². The Bertz CT molecular complexity index is 1340. The fourth-order valence-corrected chi connectivity index (χ4v) is 5.11. The normalized spacial score (nSPS) is 16.7. The molecule has 3 heterocycles. The molecule has 2 amide bonds. The summed E-state index contributed by atoms with van der Waals surface area (Å²) in [6, 6.07) is 17.4. The van der Waals surface area contributed by atoms with Crippen molar-refractivity contribution in [2.45, 2.75) is 43.8 Å². The third-order valence-electron chi connectivity index (χ3n) is 7.58. The van der Waals surface area contributed by atoms with Crippen LogP contribution in [0.15, 0.2) is 60.8 Å². The van der Waals surface area contributed by atoms with Crippen molar-refractivity contribution < 1.29 is 14.3 Å². The van der Waals surface area contributed by atoms with Gasteiger partial charge in [-0.15, -0.1) is 0 Å². The maximum atomic E-state index is 13.3. The van der Waals surface area contributed by atoms with E-state index in [1.807, 2.05) is 62.4 Å². The molecule has 1 N–H and O–H groups in total. The van der Waals surface area contributed by atoms with E-state index in [0.29, 0.717) is 49.8 Å². The Hall–Kier alpha value is -3.49. The summed E-state index contributed by atoms with van der Waals surface area (Å²) in [6.07, 6.45) is 2.98. The summed E-state index contributed by atoms with van der Waals surface area (Å²) >= 11 is 6.69. The highest BCUT2D eigenvalue weighted by atomic mass is 35.5. The molecule has 38 heavy (non-hydrogen) atoms. The number of ether oxygens (including phenoxy) is 1. The molecule has 0 radical (unpaired) electrons. The van der Waals surface area contributed by atoms with Crippen molar-refractivity contribution in [1.82, 2.24) is 19.8 Å². The van der Waals surface area contributed by atoms with Gasteiger partial charge in [0.2, 0.25) is 11.9 Å². The molecule has 2 aliphatic rings. The van der Waals surface area contributed by atoms with Crippen molar-refractivity contribution >= 4 is 29.4 Å². The van der Waals surface area contributed by atoms with E-state index in [1.54, 1.807) is 29.1 Å². The van der Waals surface area contributed by atoms with Crippen LogP contribution < -0.4 is 5.32 Å². The number of halogens is 1. The topological polar surface area (TPSA) is 87.7 Å². The number of amides is 2. The van der Waals surface area contributed by atoms with Crippen LogP contribution >= 0.6 is 11.6 Å². The van der Waals surface area contributed by atoms with Gasteiger partial charge < -0.3 is 19.9 Å². The van der Waals surface area contributed by atoms with Crippen LogP contribution in [0.3, 0.4) is 0 Å². The first-order chi connectivity index (χ1) is 18.2. The molecule has 0 saturated carbocycles. The molecule has 5 rings (SSSR count). The predicted octanol–water partition coefficient (Wildman–Crippen LogP) is 4.65. The molecule has 2 aromatic carbocycles. The summed E-state index contributed by atoms with van der Waals surface area (Å²) in [5.74, 6) is 0.160. The minimum absolute atomic E-state index is 0.0126. The third kappa shape index (κ3) is 5.24. The second-order valence-electron chi connectivity index (χ2n) is 10.4. The molecule has 0 atom stereocenters. The van der Waals surface area contributed by atoms with E-state index < -0.39 is 10.5 Å². The zero-order valence-electron chi connectivity index (χ0n) is 21.9. The van der Waals surface area contributed by atoms with Crippen LogP contribution in [0.25, 0.3) is 11.3 Å². The molecule has 1 saturated heterocycles. The molecule has 8 nitrogen and oxygen atoms in total. The van der Waals surface area contributed by atoms with Crippen LogP contribution in [0.4, 0.5) is 5.95 Å². The Morgan fingerprint density at radius 3 is 2.63 bits per heavy atom. The first kappa shape index (κ1) is 26.1. The smallest absolute Gasteiger partial charge is 0.254 e. The van der Waals surface area contributed by atoms with Gasteiger partial charge in [-0.1, -0.05) is 54.1 Å². The number of hydrogen-bond donors (Lipinski definition) is 1. The third-order valence-corrected chi connectivity index (χ3v) is 8.05. The minimum atomic E-state index is -0.639. The van der Waals surface area contributed by atoms with Crippen LogP contribution in [-0.4, -0.2) is 63.4 Å². The fraction of sp³-hybridized carbons (Fsp3) is 0.379. The number of benzene rings is 2. The molecular weight excluding hydrogens is 502 g/mol. The van der Waals surface area contributed by atoms with Crippen LogP contribution in [0.2, 0.25) is 0 Å². The average molecular weight is 534 g/mol. The second kappa shape index (κ2) is 10.3. The summed E-state index contributed by atoms with van der Waals surface area (Å²) in [4.78, 5) is 38.2. The van der Waals surface area contributed by atoms with Gasteiger partial charge >= 0.3 is 0 Å². The lowest BCUT2D eigenvalue weighted by molar-refractivity contribution is -0.135. The maximum absolute atomic E-state index is 13.3. The molecule has 0 spiro atoms. The zero-order valence-corrected chi connectivity index (χ0v) is 22.7. The standard InChI is InChI=1S/C29H32ClN5O3/c1-28(2,22-7-5-4-6-8-22)34(3)25(36)19-35-18-21-10-9-20(17-23(21)26(35)37)24-11-14-31-27(32-24)33-29(30)12-15-38-16-13-29/h4-11,14,17H,12-13,15-16,18-19H2,1-3H3,(H,31,32,33). The van der Waals surface area contributed by atoms with Crippen molar-refractivity contribution in [3.63, 3.8) is 0 Å². The molecule has 9 heteroatoms. The summed E-state index contributed by atoms with van der Waals surface area (Å²) in [5.41, 5.74) is 3.49. The molecule has 198 valence electrons. The van der Waals surface area contributed by atoms with Crippen molar-refractivity contribution in [3.05, 3.63) is 77.5 Å². The minimum Gasteiger partial charge on any atom is -0.381 e. The summed E-state index contributed by atoms with van der Waals surface area (Å²) < 4.78 is 5.41. The van der Waals surface area contributed by atoms with E-state index >= 15 is 0 Å². The Kier molecular flexibility index (Phi) is 7.11. The van der Waals surface area contributed by atoms with Crippen LogP contribution in [-0.2, 0) is 21.6 Å². The van der Waals surface area contributed by atoms with E-state index in [-0.39, 0.29) is 18.4 Å². The SMILES string of the molecule is CN(C(=O)CN1Cc2ccc(-c3ccnc(NC4(Cl)CCOCC4)n3)cc2C1=O)C(C)(C)c1ccccc1.